The van der Waals surface area contributed by atoms with Gasteiger partial charge >= 0.3 is 5.97 Å². The summed E-state index contributed by atoms with van der Waals surface area (Å²) in [7, 11) is 0. The number of rotatable bonds is 12. The minimum Gasteiger partial charge on any atom is -0.487 e. The smallest absolute Gasteiger partial charge is 0.309 e. The summed E-state index contributed by atoms with van der Waals surface area (Å²) in [5.41, 5.74) is 2.76. The fourth-order valence-corrected chi connectivity index (χ4v) is 5.17. The first-order chi connectivity index (χ1) is 15.7. The molecule has 0 aliphatic carbocycles. The van der Waals surface area contributed by atoms with E-state index < -0.39 is 17.0 Å². The lowest BCUT2D eigenvalue weighted by molar-refractivity contribution is -0.149. The number of fused-ring (bicyclic) bond motifs is 1. The van der Waals surface area contributed by atoms with E-state index in [4.69, 9.17) is 9.47 Å². The lowest BCUT2D eigenvalue weighted by Crippen LogP contribution is -2.39. The third-order valence-corrected chi connectivity index (χ3v) is 7.29. The number of unbranched alkanes of at least 4 members (excludes halogenated alkanes) is 5. The molecule has 34 heavy (non-hydrogen) atoms. The standard InChI is InChI=1S/C30H48O4/c1-10-11-12-13-14-15-16-18-30(9)19-17-24-23(4)25(21(2)22(3)26(24)34-30)33-29(7,8)20-28(5,6)27(31)32/h16,18H,10-15,17,19-20H2,1-9H3,(H,31,32)/b18-16+. The maximum atomic E-state index is 11.7. The van der Waals surface area contributed by atoms with E-state index in [0.717, 1.165) is 47.5 Å². The Morgan fingerprint density at radius 1 is 1.06 bits per heavy atom. The summed E-state index contributed by atoms with van der Waals surface area (Å²) in [6.45, 7) is 18.2. The molecule has 4 nitrogen and oxygen atoms in total. The minimum atomic E-state index is -0.859. The van der Waals surface area contributed by atoms with Crippen LogP contribution in [0.1, 0.15) is 115 Å². The summed E-state index contributed by atoms with van der Waals surface area (Å²) in [6, 6.07) is 0. The normalized spacial score (nSPS) is 18.6. The summed E-state index contributed by atoms with van der Waals surface area (Å²) >= 11 is 0. The van der Waals surface area contributed by atoms with Gasteiger partial charge in [0.15, 0.2) is 0 Å². The van der Waals surface area contributed by atoms with Gasteiger partial charge in [-0.2, -0.15) is 0 Å². The van der Waals surface area contributed by atoms with Crippen molar-refractivity contribution in [3.8, 4) is 11.5 Å². The Labute approximate surface area is 208 Å². The zero-order valence-electron chi connectivity index (χ0n) is 23.2. The molecule has 1 aromatic carbocycles. The number of aliphatic carboxylic acids is 1. The molecule has 1 unspecified atom stereocenters. The fourth-order valence-electron chi connectivity index (χ4n) is 5.17. The average Bonchev–Trinajstić information content (AvgIpc) is 2.73. The second-order valence-electron chi connectivity index (χ2n) is 11.8. The molecule has 1 heterocycles. The molecule has 0 saturated carbocycles. The number of benzene rings is 1. The molecule has 0 bridgehead atoms. The molecule has 0 amide bonds. The SMILES string of the molecule is CCCCCCC/C=C/C1(C)CCc2c(C)c(OC(C)(C)CC(C)(C)C(=O)O)c(C)c(C)c2O1. The molecule has 0 radical (unpaired) electrons. The monoisotopic (exact) mass is 472 g/mol. The van der Waals surface area contributed by atoms with Gasteiger partial charge in [-0.15, -0.1) is 0 Å². The van der Waals surface area contributed by atoms with Crippen LogP contribution in [0, 0.1) is 26.2 Å². The Morgan fingerprint density at radius 2 is 1.71 bits per heavy atom. The van der Waals surface area contributed by atoms with Gasteiger partial charge in [0.05, 0.1) is 5.41 Å². The largest absolute Gasteiger partial charge is 0.487 e. The Balaban J connectivity index is 2.20. The number of carbonyl (C=O) groups is 1. The van der Waals surface area contributed by atoms with Crippen LogP contribution in [0.2, 0.25) is 0 Å². The topological polar surface area (TPSA) is 55.8 Å². The first kappa shape index (κ1) is 28.3. The van der Waals surface area contributed by atoms with Gasteiger partial charge in [-0.05, 0) is 104 Å². The molecule has 1 aliphatic heterocycles. The number of ether oxygens (including phenoxy) is 2. The van der Waals surface area contributed by atoms with Crippen molar-refractivity contribution in [2.75, 3.05) is 0 Å². The summed E-state index contributed by atoms with van der Waals surface area (Å²) in [6.07, 6.45) is 14.5. The quantitative estimate of drug-likeness (QED) is 0.246. The highest BCUT2D eigenvalue weighted by Gasteiger charge is 2.38. The highest BCUT2D eigenvalue weighted by Crippen LogP contribution is 2.45. The molecular formula is C30H48O4. The van der Waals surface area contributed by atoms with Crippen molar-refractivity contribution < 1.29 is 19.4 Å². The van der Waals surface area contributed by atoms with Crippen molar-refractivity contribution in [2.45, 2.75) is 131 Å². The van der Waals surface area contributed by atoms with Gasteiger partial charge in [-0.1, -0.05) is 38.7 Å². The van der Waals surface area contributed by atoms with Crippen LogP contribution in [-0.4, -0.2) is 22.3 Å². The average molecular weight is 473 g/mol. The molecule has 2 rings (SSSR count). The van der Waals surface area contributed by atoms with Gasteiger partial charge in [0.2, 0.25) is 0 Å². The number of carboxylic acids is 1. The first-order valence-electron chi connectivity index (χ1n) is 13.1. The molecule has 1 atom stereocenters. The number of carboxylic acid groups (broad SMARTS) is 1. The van der Waals surface area contributed by atoms with Crippen molar-refractivity contribution in [1.82, 2.24) is 0 Å². The van der Waals surface area contributed by atoms with E-state index >= 15 is 0 Å². The van der Waals surface area contributed by atoms with Gasteiger partial charge in [-0.25, -0.2) is 0 Å². The Bertz CT molecular complexity index is 894. The summed E-state index contributed by atoms with van der Waals surface area (Å²) in [4.78, 5) is 11.7. The zero-order valence-corrected chi connectivity index (χ0v) is 23.2. The van der Waals surface area contributed by atoms with Crippen molar-refractivity contribution in [3.05, 3.63) is 34.4 Å². The van der Waals surface area contributed by atoms with Gasteiger partial charge in [0.25, 0.3) is 0 Å². The van der Waals surface area contributed by atoms with Gasteiger partial charge < -0.3 is 14.6 Å². The van der Waals surface area contributed by atoms with E-state index in [0.29, 0.717) is 6.42 Å². The third kappa shape index (κ3) is 7.02. The van der Waals surface area contributed by atoms with E-state index in [1.165, 1.54) is 37.7 Å². The molecule has 4 heteroatoms. The van der Waals surface area contributed by atoms with Gasteiger partial charge in [0.1, 0.15) is 22.7 Å². The Morgan fingerprint density at radius 3 is 2.32 bits per heavy atom. The third-order valence-electron chi connectivity index (χ3n) is 7.29. The molecule has 0 saturated heterocycles. The lowest BCUT2D eigenvalue weighted by Gasteiger charge is -2.38. The van der Waals surface area contributed by atoms with Crippen LogP contribution in [0.25, 0.3) is 0 Å². The summed E-state index contributed by atoms with van der Waals surface area (Å²) in [5.74, 6) is 1.06. The molecular weight excluding hydrogens is 424 g/mol. The van der Waals surface area contributed by atoms with Crippen LogP contribution in [0.4, 0.5) is 0 Å². The van der Waals surface area contributed by atoms with Crippen molar-refractivity contribution in [2.24, 2.45) is 5.41 Å². The van der Waals surface area contributed by atoms with Crippen LogP contribution >= 0.6 is 0 Å². The van der Waals surface area contributed by atoms with Crippen LogP contribution in [0.3, 0.4) is 0 Å². The summed E-state index contributed by atoms with van der Waals surface area (Å²) < 4.78 is 13.2. The summed E-state index contributed by atoms with van der Waals surface area (Å²) in [5, 5.41) is 9.58. The number of hydrogen-bond donors (Lipinski definition) is 1. The lowest BCUT2D eigenvalue weighted by atomic mass is 9.81. The molecule has 0 spiro atoms. The van der Waals surface area contributed by atoms with E-state index in [1.807, 2.05) is 13.8 Å². The number of hydrogen-bond acceptors (Lipinski definition) is 3. The van der Waals surface area contributed by atoms with E-state index in [9.17, 15) is 9.90 Å². The van der Waals surface area contributed by atoms with E-state index in [-0.39, 0.29) is 5.60 Å². The van der Waals surface area contributed by atoms with E-state index in [1.54, 1.807) is 13.8 Å². The van der Waals surface area contributed by atoms with Crippen LogP contribution < -0.4 is 9.47 Å². The van der Waals surface area contributed by atoms with Gasteiger partial charge in [0, 0.05) is 12.0 Å². The molecule has 1 aliphatic rings. The van der Waals surface area contributed by atoms with Crippen molar-refractivity contribution in [1.29, 1.82) is 0 Å². The molecule has 192 valence electrons. The van der Waals surface area contributed by atoms with Crippen LogP contribution in [0.15, 0.2) is 12.2 Å². The van der Waals surface area contributed by atoms with Crippen LogP contribution in [0.5, 0.6) is 11.5 Å². The zero-order chi connectivity index (χ0) is 25.7. The van der Waals surface area contributed by atoms with Crippen LogP contribution in [-0.2, 0) is 11.2 Å². The second kappa shape index (κ2) is 11.2. The van der Waals surface area contributed by atoms with Gasteiger partial charge in [-0.3, -0.25) is 4.79 Å². The first-order valence-corrected chi connectivity index (χ1v) is 13.1. The highest BCUT2D eigenvalue weighted by molar-refractivity contribution is 5.73. The maximum absolute atomic E-state index is 11.7. The fraction of sp³-hybridized carbons (Fsp3) is 0.700. The number of allylic oxidation sites excluding steroid dienone is 1. The molecule has 0 fully saturated rings. The maximum Gasteiger partial charge on any atom is 0.309 e. The molecule has 1 aromatic rings. The predicted molar refractivity (Wildman–Crippen MR) is 141 cm³/mol. The highest BCUT2D eigenvalue weighted by atomic mass is 16.5. The molecule has 1 N–H and O–H groups in total. The minimum absolute atomic E-state index is 0.285. The van der Waals surface area contributed by atoms with Crippen molar-refractivity contribution >= 4 is 5.97 Å². The Kier molecular flexibility index (Phi) is 9.30. The Hall–Kier alpha value is -1.97. The molecule has 0 aromatic heterocycles. The second-order valence-corrected chi connectivity index (χ2v) is 11.8. The van der Waals surface area contributed by atoms with Crippen molar-refractivity contribution in [3.63, 3.8) is 0 Å². The van der Waals surface area contributed by atoms with E-state index in [2.05, 4.69) is 46.8 Å². The predicted octanol–water partition coefficient (Wildman–Crippen LogP) is 8.27.